The normalized spacial score (nSPS) is 18.8. The predicted molar refractivity (Wildman–Crippen MR) is 124 cm³/mol. The molecule has 0 radical (unpaired) electrons. The van der Waals surface area contributed by atoms with Crippen LogP contribution in [0.15, 0.2) is 30.7 Å². The molecule has 1 aromatic carbocycles. The number of rotatable bonds is 6. The monoisotopic (exact) mass is 456 g/mol. The van der Waals surface area contributed by atoms with Crippen molar-refractivity contribution in [1.82, 2.24) is 19.5 Å². The zero-order chi connectivity index (χ0) is 23.7. The smallest absolute Gasteiger partial charge is 0.137 e. The van der Waals surface area contributed by atoms with Gasteiger partial charge in [0.2, 0.25) is 0 Å². The van der Waals surface area contributed by atoms with Gasteiger partial charge in [0, 0.05) is 30.4 Å². The fourth-order valence-electron chi connectivity index (χ4n) is 4.55. The molecule has 0 saturated carbocycles. The average Bonchev–Trinajstić information content (AvgIpc) is 3.19. The Hall–Kier alpha value is -3.07. The van der Waals surface area contributed by atoms with Crippen LogP contribution in [0.5, 0.6) is 0 Å². The number of piperidine rings is 1. The van der Waals surface area contributed by atoms with Crippen molar-refractivity contribution in [1.29, 1.82) is 0 Å². The van der Waals surface area contributed by atoms with E-state index in [-0.39, 0.29) is 24.9 Å². The summed E-state index contributed by atoms with van der Waals surface area (Å²) in [6, 6.07) is 4.80. The number of alkyl halides is 1. The van der Waals surface area contributed by atoms with Gasteiger partial charge in [0.1, 0.15) is 35.8 Å². The van der Waals surface area contributed by atoms with Crippen molar-refractivity contribution in [3.8, 4) is 11.3 Å². The van der Waals surface area contributed by atoms with Crippen molar-refractivity contribution < 1.29 is 13.9 Å². The zero-order valence-corrected chi connectivity index (χ0v) is 19.2. The van der Waals surface area contributed by atoms with E-state index in [0.717, 1.165) is 11.1 Å². The van der Waals surface area contributed by atoms with Crippen LogP contribution in [0.1, 0.15) is 49.1 Å². The van der Waals surface area contributed by atoms with E-state index < -0.39 is 12.1 Å². The van der Waals surface area contributed by atoms with Crippen LogP contribution in [0.3, 0.4) is 0 Å². The largest absolute Gasteiger partial charge is 0.395 e. The molecular formula is C24H30F2N6O. The summed E-state index contributed by atoms with van der Waals surface area (Å²) >= 11 is 0. The lowest BCUT2D eigenvalue weighted by Crippen LogP contribution is -2.42. The van der Waals surface area contributed by atoms with Crippen LogP contribution in [-0.2, 0) is 6.54 Å². The standard InChI is InChI=1S/C24H30F2N6O/c1-14(2)21-22(27)28-13-29-24(21)31-7-6-17(19(26)11-31)23-30-20(12-32(23)8-9-33)16-4-5-18(25)15(3)10-16/h4-5,10,12-14,17,19,33H,6-9,11H2,1-3H3,(H2,27,28,29). The molecule has 1 saturated heterocycles. The number of aliphatic hydroxyl groups is 1. The Labute approximate surface area is 192 Å². The molecule has 2 atom stereocenters. The first-order valence-corrected chi connectivity index (χ1v) is 11.2. The van der Waals surface area contributed by atoms with Crippen LogP contribution >= 0.6 is 0 Å². The number of hydrogen-bond donors (Lipinski definition) is 2. The summed E-state index contributed by atoms with van der Waals surface area (Å²) in [5.41, 5.74) is 8.84. The molecule has 3 N–H and O–H groups in total. The summed E-state index contributed by atoms with van der Waals surface area (Å²) in [4.78, 5) is 15.2. The highest BCUT2D eigenvalue weighted by Gasteiger charge is 2.35. The molecule has 3 heterocycles. The number of anilines is 2. The summed E-state index contributed by atoms with van der Waals surface area (Å²) in [7, 11) is 0. The number of aryl methyl sites for hydroxylation is 1. The van der Waals surface area contributed by atoms with Crippen molar-refractivity contribution in [2.75, 3.05) is 30.3 Å². The van der Waals surface area contributed by atoms with E-state index in [9.17, 15) is 9.50 Å². The fraction of sp³-hybridized carbons (Fsp3) is 0.458. The minimum absolute atomic E-state index is 0.0843. The van der Waals surface area contributed by atoms with Gasteiger partial charge in [-0.05, 0) is 43.0 Å². The van der Waals surface area contributed by atoms with Gasteiger partial charge in [-0.15, -0.1) is 0 Å². The predicted octanol–water partition coefficient (Wildman–Crippen LogP) is 3.82. The maximum absolute atomic E-state index is 15.6. The molecule has 0 amide bonds. The molecule has 0 spiro atoms. The van der Waals surface area contributed by atoms with Crippen LogP contribution < -0.4 is 10.6 Å². The van der Waals surface area contributed by atoms with Gasteiger partial charge < -0.3 is 20.3 Å². The molecule has 0 aliphatic carbocycles. The first-order chi connectivity index (χ1) is 15.8. The molecule has 176 valence electrons. The number of aromatic nitrogens is 4. The van der Waals surface area contributed by atoms with Gasteiger partial charge >= 0.3 is 0 Å². The first-order valence-electron chi connectivity index (χ1n) is 11.2. The lowest BCUT2D eigenvalue weighted by molar-refractivity contribution is 0.231. The lowest BCUT2D eigenvalue weighted by Gasteiger charge is -2.36. The molecule has 33 heavy (non-hydrogen) atoms. The number of hydrogen-bond acceptors (Lipinski definition) is 6. The minimum atomic E-state index is -1.18. The Morgan fingerprint density at radius 1 is 1.27 bits per heavy atom. The van der Waals surface area contributed by atoms with E-state index in [1.165, 1.54) is 12.4 Å². The quantitative estimate of drug-likeness (QED) is 0.586. The van der Waals surface area contributed by atoms with Crippen LogP contribution in [-0.4, -0.2) is 50.5 Å². The maximum Gasteiger partial charge on any atom is 0.137 e. The maximum atomic E-state index is 15.6. The van der Waals surface area contributed by atoms with Crippen LogP contribution in [0.2, 0.25) is 0 Å². The van der Waals surface area contributed by atoms with E-state index >= 15 is 4.39 Å². The molecule has 1 aliphatic heterocycles. The molecule has 9 heteroatoms. The second kappa shape index (κ2) is 9.43. The highest BCUT2D eigenvalue weighted by molar-refractivity contribution is 5.60. The Morgan fingerprint density at radius 3 is 2.73 bits per heavy atom. The molecule has 7 nitrogen and oxygen atoms in total. The SMILES string of the molecule is Cc1cc(-c2cn(CCO)c(C3CCN(c4ncnc(N)c4C(C)C)CC3F)n2)ccc1F. The second-order valence-corrected chi connectivity index (χ2v) is 8.87. The Morgan fingerprint density at radius 2 is 2.06 bits per heavy atom. The first kappa shape index (κ1) is 23.1. The molecule has 1 fully saturated rings. The molecule has 4 rings (SSSR count). The Bertz CT molecular complexity index is 1130. The van der Waals surface area contributed by atoms with Crippen LogP contribution in [0, 0.1) is 12.7 Å². The van der Waals surface area contributed by atoms with Crippen molar-refractivity contribution >= 4 is 11.6 Å². The Kier molecular flexibility index (Phi) is 6.60. The van der Waals surface area contributed by atoms with Crippen molar-refractivity contribution in [2.24, 2.45) is 0 Å². The van der Waals surface area contributed by atoms with Crippen molar-refractivity contribution in [3.05, 3.63) is 53.5 Å². The van der Waals surface area contributed by atoms with Gasteiger partial charge in [-0.25, -0.2) is 23.7 Å². The van der Waals surface area contributed by atoms with Crippen LogP contribution in [0.4, 0.5) is 20.4 Å². The Balaban J connectivity index is 1.62. The van der Waals surface area contributed by atoms with Gasteiger partial charge in [-0.1, -0.05) is 13.8 Å². The number of imidazole rings is 1. The van der Waals surface area contributed by atoms with Gasteiger partial charge in [0.05, 0.1) is 24.8 Å². The van der Waals surface area contributed by atoms with Gasteiger partial charge in [0.25, 0.3) is 0 Å². The summed E-state index contributed by atoms with van der Waals surface area (Å²) in [5, 5.41) is 9.54. The second-order valence-electron chi connectivity index (χ2n) is 8.87. The third-order valence-corrected chi connectivity index (χ3v) is 6.25. The highest BCUT2D eigenvalue weighted by Crippen LogP contribution is 2.36. The summed E-state index contributed by atoms with van der Waals surface area (Å²) < 4.78 is 31.1. The molecule has 0 bridgehead atoms. The van der Waals surface area contributed by atoms with E-state index in [2.05, 4.69) is 9.97 Å². The summed E-state index contributed by atoms with van der Waals surface area (Å²) in [6.07, 6.45) is 2.57. The minimum Gasteiger partial charge on any atom is -0.395 e. The van der Waals surface area contributed by atoms with Crippen molar-refractivity contribution in [2.45, 2.75) is 51.7 Å². The number of halogens is 2. The number of nitrogen functional groups attached to an aromatic ring is 1. The molecule has 1 aliphatic rings. The van der Waals surface area contributed by atoms with Gasteiger partial charge in [-0.3, -0.25) is 0 Å². The van der Waals surface area contributed by atoms with Crippen molar-refractivity contribution in [3.63, 3.8) is 0 Å². The van der Waals surface area contributed by atoms with Gasteiger partial charge in [0.15, 0.2) is 0 Å². The van der Waals surface area contributed by atoms with E-state index in [0.29, 0.717) is 48.2 Å². The van der Waals surface area contributed by atoms with Gasteiger partial charge in [-0.2, -0.15) is 0 Å². The number of nitrogens with zero attached hydrogens (tertiary/aromatic N) is 5. The lowest BCUT2D eigenvalue weighted by atomic mass is 9.93. The van der Waals surface area contributed by atoms with Crippen LogP contribution in [0.25, 0.3) is 11.3 Å². The third kappa shape index (κ3) is 4.55. The number of nitrogens with two attached hydrogens (primary N) is 1. The number of benzene rings is 1. The van der Waals surface area contributed by atoms with E-state index in [1.54, 1.807) is 25.3 Å². The summed E-state index contributed by atoms with van der Waals surface area (Å²) in [5.74, 6) is 1.10. The third-order valence-electron chi connectivity index (χ3n) is 6.25. The van der Waals surface area contributed by atoms with E-state index in [4.69, 9.17) is 10.7 Å². The topological polar surface area (TPSA) is 93.1 Å². The van der Waals surface area contributed by atoms with E-state index in [1.807, 2.05) is 23.3 Å². The summed E-state index contributed by atoms with van der Waals surface area (Å²) in [6.45, 7) is 6.72. The highest BCUT2D eigenvalue weighted by atomic mass is 19.1. The molecular weight excluding hydrogens is 426 g/mol. The molecule has 2 unspecified atom stereocenters. The average molecular weight is 457 g/mol. The zero-order valence-electron chi connectivity index (χ0n) is 19.2. The molecule has 2 aromatic heterocycles. The number of aliphatic hydroxyl groups excluding tert-OH is 1. The fourth-order valence-corrected chi connectivity index (χ4v) is 4.55. The molecule has 3 aromatic rings.